The van der Waals surface area contributed by atoms with Crippen LogP contribution in [0.1, 0.15) is 0 Å². The third-order valence-electron chi connectivity index (χ3n) is 3.82. The first-order valence-electron chi connectivity index (χ1n) is 8.09. The number of hydrogen-bond acceptors (Lipinski definition) is 7. The zero-order chi connectivity index (χ0) is 20.3. The second kappa shape index (κ2) is 7.80. The Labute approximate surface area is 160 Å². The third kappa shape index (κ3) is 4.19. The first-order valence-corrected chi connectivity index (χ1v) is 9.53. The zero-order valence-electron chi connectivity index (χ0n) is 14.4. The van der Waals surface area contributed by atoms with Gasteiger partial charge in [-0.1, -0.05) is 18.2 Å². The molecular weight excluding hydrogens is 388 g/mol. The minimum atomic E-state index is -4.50. The lowest BCUT2D eigenvalue weighted by Crippen LogP contribution is -2.34. The molecule has 10 heteroatoms. The first kappa shape index (κ1) is 19.5. The SMILES string of the molecule is O=C1C=C(Nc2cc(S(=O)(=O)O)ccc2Oc2ccccc2)C(=O)N1CCO. The van der Waals surface area contributed by atoms with Crippen molar-refractivity contribution in [2.75, 3.05) is 18.5 Å². The Morgan fingerprint density at radius 2 is 1.79 bits per heavy atom. The minimum Gasteiger partial charge on any atom is -0.455 e. The van der Waals surface area contributed by atoms with Crippen LogP contribution in [0.2, 0.25) is 0 Å². The summed E-state index contributed by atoms with van der Waals surface area (Å²) in [5.74, 6) is -0.671. The molecule has 0 fully saturated rings. The normalized spacial score (nSPS) is 14.2. The molecule has 0 spiro atoms. The molecule has 2 aromatic rings. The number of aliphatic hydroxyl groups is 1. The van der Waals surface area contributed by atoms with Crippen LogP contribution in [0.5, 0.6) is 11.5 Å². The number of rotatable bonds is 7. The van der Waals surface area contributed by atoms with Gasteiger partial charge >= 0.3 is 0 Å². The predicted molar refractivity (Wildman–Crippen MR) is 98.3 cm³/mol. The van der Waals surface area contributed by atoms with E-state index in [2.05, 4.69) is 5.32 Å². The lowest BCUT2D eigenvalue weighted by molar-refractivity contribution is -0.137. The van der Waals surface area contributed by atoms with Crippen molar-refractivity contribution in [1.82, 2.24) is 4.90 Å². The highest BCUT2D eigenvalue weighted by Crippen LogP contribution is 2.33. The fourth-order valence-electron chi connectivity index (χ4n) is 2.53. The number of amides is 2. The molecule has 1 aliphatic rings. The van der Waals surface area contributed by atoms with Crippen molar-refractivity contribution in [3.63, 3.8) is 0 Å². The number of nitrogens with zero attached hydrogens (tertiary/aromatic N) is 1. The maximum absolute atomic E-state index is 12.3. The second-order valence-electron chi connectivity index (χ2n) is 5.75. The molecule has 0 aliphatic carbocycles. The lowest BCUT2D eigenvalue weighted by Gasteiger charge is -2.16. The summed E-state index contributed by atoms with van der Waals surface area (Å²) in [6.07, 6.45) is 1.03. The quantitative estimate of drug-likeness (QED) is 0.466. The summed E-state index contributed by atoms with van der Waals surface area (Å²) >= 11 is 0. The molecule has 0 atom stereocenters. The Balaban J connectivity index is 1.96. The third-order valence-corrected chi connectivity index (χ3v) is 4.67. The van der Waals surface area contributed by atoms with E-state index >= 15 is 0 Å². The molecule has 3 N–H and O–H groups in total. The molecule has 1 heterocycles. The van der Waals surface area contributed by atoms with Crippen molar-refractivity contribution >= 4 is 27.6 Å². The summed E-state index contributed by atoms with van der Waals surface area (Å²) in [5, 5.41) is 11.6. The number of β-amino-alcohol motifs (C(OH)–C–C–N with tert-alkyl or cyclic N) is 1. The van der Waals surface area contributed by atoms with E-state index in [-0.39, 0.29) is 30.3 Å². The number of imide groups is 1. The van der Waals surface area contributed by atoms with E-state index in [0.29, 0.717) is 5.75 Å². The topological polar surface area (TPSA) is 133 Å². The zero-order valence-corrected chi connectivity index (χ0v) is 15.2. The Hall–Kier alpha value is -3.21. The van der Waals surface area contributed by atoms with Gasteiger partial charge in [-0.2, -0.15) is 8.42 Å². The van der Waals surface area contributed by atoms with Gasteiger partial charge in [0, 0.05) is 6.08 Å². The van der Waals surface area contributed by atoms with Gasteiger partial charge in [-0.15, -0.1) is 0 Å². The van der Waals surface area contributed by atoms with Crippen LogP contribution in [0.3, 0.4) is 0 Å². The van der Waals surface area contributed by atoms with Crippen LogP contribution >= 0.6 is 0 Å². The number of benzene rings is 2. The molecule has 3 rings (SSSR count). The molecule has 2 aromatic carbocycles. The van der Waals surface area contributed by atoms with E-state index in [1.54, 1.807) is 30.3 Å². The predicted octanol–water partition coefficient (Wildman–Crippen LogP) is 1.38. The molecule has 0 bridgehead atoms. The number of carbonyl (C=O) groups excluding carboxylic acids is 2. The molecule has 1 aliphatic heterocycles. The fraction of sp³-hybridized carbons (Fsp3) is 0.111. The first-order chi connectivity index (χ1) is 13.3. The van der Waals surface area contributed by atoms with Crippen LogP contribution in [0.25, 0.3) is 0 Å². The number of anilines is 1. The van der Waals surface area contributed by atoms with Crippen molar-refractivity contribution in [3.8, 4) is 11.5 Å². The van der Waals surface area contributed by atoms with Crippen LogP contribution in [0.15, 0.2) is 65.2 Å². The molecule has 0 unspecified atom stereocenters. The molecule has 0 saturated heterocycles. The molecule has 0 aromatic heterocycles. The highest BCUT2D eigenvalue weighted by atomic mass is 32.2. The van der Waals surface area contributed by atoms with Gasteiger partial charge in [0.1, 0.15) is 11.4 Å². The highest BCUT2D eigenvalue weighted by Gasteiger charge is 2.31. The molecule has 28 heavy (non-hydrogen) atoms. The summed E-state index contributed by atoms with van der Waals surface area (Å²) in [5.41, 5.74) is -0.0684. The van der Waals surface area contributed by atoms with E-state index in [9.17, 15) is 22.6 Å². The van der Waals surface area contributed by atoms with Crippen LogP contribution in [0, 0.1) is 0 Å². The van der Waals surface area contributed by atoms with Gasteiger partial charge in [0.2, 0.25) is 0 Å². The Morgan fingerprint density at radius 1 is 1.07 bits per heavy atom. The smallest absolute Gasteiger partial charge is 0.294 e. The van der Waals surface area contributed by atoms with Crippen molar-refractivity contribution in [1.29, 1.82) is 0 Å². The van der Waals surface area contributed by atoms with Gasteiger partial charge in [-0.05, 0) is 30.3 Å². The van der Waals surface area contributed by atoms with Crippen LogP contribution in [-0.2, 0) is 19.7 Å². The fourth-order valence-corrected chi connectivity index (χ4v) is 3.03. The number of ether oxygens (including phenoxy) is 1. The standard InChI is InChI=1S/C18H16N2O7S/c21-9-8-20-17(22)11-15(18(20)23)19-14-10-13(28(24,25)26)6-7-16(14)27-12-4-2-1-3-5-12/h1-7,10-11,19,21H,8-9H2,(H,24,25,26). The number of carbonyl (C=O) groups is 2. The average molecular weight is 404 g/mol. The summed E-state index contributed by atoms with van der Waals surface area (Å²) < 4.78 is 37.9. The van der Waals surface area contributed by atoms with Gasteiger partial charge in [0.25, 0.3) is 21.9 Å². The maximum Gasteiger partial charge on any atom is 0.294 e. The van der Waals surface area contributed by atoms with Crippen LogP contribution < -0.4 is 10.1 Å². The number of hydrogen-bond donors (Lipinski definition) is 3. The molecule has 146 valence electrons. The van der Waals surface area contributed by atoms with E-state index in [4.69, 9.17) is 9.84 Å². The second-order valence-corrected chi connectivity index (χ2v) is 7.17. The van der Waals surface area contributed by atoms with Crippen molar-refractivity contribution in [3.05, 3.63) is 60.3 Å². The Morgan fingerprint density at radius 3 is 2.43 bits per heavy atom. The van der Waals surface area contributed by atoms with Gasteiger partial charge in [-0.25, -0.2) is 0 Å². The van der Waals surface area contributed by atoms with Crippen molar-refractivity contribution in [2.45, 2.75) is 4.90 Å². The van der Waals surface area contributed by atoms with Crippen LogP contribution in [0.4, 0.5) is 5.69 Å². The summed E-state index contributed by atoms with van der Waals surface area (Å²) in [6.45, 7) is -0.559. The number of nitrogens with one attached hydrogen (secondary N) is 1. The van der Waals surface area contributed by atoms with E-state index < -0.39 is 26.8 Å². The Bertz CT molecular complexity index is 1050. The molecule has 0 radical (unpaired) electrons. The Kier molecular flexibility index (Phi) is 5.45. The molecule has 2 amide bonds. The minimum absolute atomic E-state index is 0.0530. The molecular formula is C18H16N2O7S. The van der Waals surface area contributed by atoms with E-state index in [1.807, 2.05) is 0 Å². The highest BCUT2D eigenvalue weighted by molar-refractivity contribution is 7.85. The van der Waals surface area contributed by atoms with Gasteiger partial charge in [-0.3, -0.25) is 19.0 Å². The van der Waals surface area contributed by atoms with Crippen molar-refractivity contribution < 1.29 is 32.4 Å². The van der Waals surface area contributed by atoms with Crippen LogP contribution in [-0.4, -0.2) is 47.9 Å². The molecule has 9 nitrogen and oxygen atoms in total. The van der Waals surface area contributed by atoms with E-state index in [1.165, 1.54) is 6.07 Å². The summed E-state index contributed by atoms with van der Waals surface area (Å²) in [6, 6.07) is 12.2. The van der Waals surface area contributed by atoms with E-state index in [0.717, 1.165) is 23.1 Å². The van der Waals surface area contributed by atoms with Gasteiger partial charge in [0.15, 0.2) is 5.75 Å². The molecule has 0 saturated carbocycles. The summed E-state index contributed by atoms with van der Waals surface area (Å²) in [4.78, 5) is 24.6. The lowest BCUT2D eigenvalue weighted by atomic mass is 10.2. The number of para-hydroxylation sites is 1. The monoisotopic (exact) mass is 404 g/mol. The summed E-state index contributed by atoms with van der Waals surface area (Å²) in [7, 11) is -4.50. The van der Waals surface area contributed by atoms with Crippen molar-refractivity contribution in [2.24, 2.45) is 0 Å². The largest absolute Gasteiger partial charge is 0.455 e. The van der Waals surface area contributed by atoms with Gasteiger partial charge in [0.05, 0.1) is 23.7 Å². The number of aliphatic hydroxyl groups excluding tert-OH is 1. The van der Waals surface area contributed by atoms with Gasteiger partial charge < -0.3 is 15.2 Å². The maximum atomic E-state index is 12.3. The average Bonchev–Trinajstić information content (AvgIpc) is 2.91.